The van der Waals surface area contributed by atoms with Gasteiger partial charge in [0, 0.05) is 6.07 Å². The van der Waals surface area contributed by atoms with Gasteiger partial charge in [-0.1, -0.05) is 17.3 Å². The Balaban J connectivity index is 1.60. The van der Waals surface area contributed by atoms with Gasteiger partial charge in [0.15, 0.2) is 17.7 Å². The van der Waals surface area contributed by atoms with Crippen LogP contribution in [0.4, 0.5) is 17.6 Å². The topological polar surface area (TPSA) is 62.2 Å². The Morgan fingerprint density at radius 2 is 1.88 bits per heavy atom. The Morgan fingerprint density at radius 1 is 1.15 bits per heavy atom. The number of alkyl halides is 3. The molecule has 0 aliphatic carbocycles. The highest BCUT2D eigenvalue weighted by Gasteiger charge is 2.31. The van der Waals surface area contributed by atoms with Gasteiger partial charge in [-0.15, -0.1) is 13.2 Å². The molecule has 0 N–H and O–H groups in total. The van der Waals surface area contributed by atoms with E-state index in [0.717, 1.165) is 6.07 Å². The average molecular weight is 372 g/mol. The third-order valence-electron chi connectivity index (χ3n) is 3.34. The molecular weight excluding hydrogens is 360 g/mol. The number of ether oxygens (including phenoxy) is 3. The van der Waals surface area contributed by atoms with Crippen LogP contribution in [0.2, 0.25) is 0 Å². The zero-order chi connectivity index (χ0) is 18.7. The molecule has 0 saturated heterocycles. The second kappa shape index (κ2) is 7.06. The van der Waals surface area contributed by atoms with Gasteiger partial charge in [0.25, 0.3) is 0 Å². The predicted molar refractivity (Wildman–Crippen MR) is 80.4 cm³/mol. The average Bonchev–Trinajstić information content (AvgIpc) is 3.03. The van der Waals surface area contributed by atoms with E-state index in [1.807, 2.05) is 0 Å². The van der Waals surface area contributed by atoms with Gasteiger partial charge in [-0.25, -0.2) is 9.37 Å². The fourth-order valence-corrected chi connectivity index (χ4v) is 2.23. The Kier molecular flexibility index (Phi) is 4.83. The molecule has 0 radical (unpaired) electrons. The van der Waals surface area contributed by atoms with Crippen LogP contribution in [0.15, 0.2) is 41.7 Å². The summed E-state index contributed by atoms with van der Waals surface area (Å²) in [5.41, 5.74) is 0.584. The van der Waals surface area contributed by atoms with Crippen molar-refractivity contribution in [1.82, 2.24) is 4.98 Å². The monoisotopic (exact) mass is 372 g/mol. The van der Waals surface area contributed by atoms with Crippen molar-refractivity contribution in [2.45, 2.75) is 18.9 Å². The lowest BCUT2D eigenvalue weighted by Crippen LogP contribution is -2.17. The van der Waals surface area contributed by atoms with Crippen molar-refractivity contribution in [3.8, 4) is 17.4 Å². The number of oxime groups is 1. The predicted octanol–water partition coefficient (Wildman–Crippen LogP) is 3.98. The summed E-state index contributed by atoms with van der Waals surface area (Å²) >= 11 is 0. The Labute approximate surface area is 144 Å². The molecule has 6 nitrogen and oxygen atoms in total. The van der Waals surface area contributed by atoms with E-state index in [2.05, 4.69) is 14.9 Å². The number of hydrogen-bond acceptors (Lipinski definition) is 6. The maximum atomic E-state index is 13.6. The molecule has 1 aromatic carbocycles. The Morgan fingerprint density at radius 3 is 2.50 bits per heavy atom. The van der Waals surface area contributed by atoms with Gasteiger partial charge in [0.05, 0.1) is 19.7 Å². The maximum Gasteiger partial charge on any atom is 0.573 e. The molecule has 1 aromatic heterocycles. The standard InChI is InChI=1S/C16H12F4N2O4/c1-23-15-12(17)6-11(8-21-15)24-14-7-13(26-22-14)9-2-4-10(5-3-9)25-16(18,19)20/h2-6,8,13H,7H2,1H3/t13-/m1/s1. The minimum Gasteiger partial charge on any atom is -0.479 e. The van der Waals surface area contributed by atoms with Gasteiger partial charge in [-0.2, -0.15) is 0 Å². The van der Waals surface area contributed by atoms with Crippen molar-refractivity contribution >= 4 is 5.90 Å². The number of nitrogens with zero attached hydrogens (tertiary/aromatic N) is 2. The second-order valence-corrected chi connectivity index (χ2v) is 5.16. The van der Waals surface area contributed by atoms with E-state index >= 15 is 0 Å². The van der Waals surface area contributed by atoms with Crippen LogP contribution in [-0.4, -0.2) is 24.4 Å². The minimum atomic E-state index is -4.75. The second-order valence-electron chi connectivity index (χ2n) is 5.16. The van der Waals surface area contributed by atoms with Gasteiger partial charge in [0.1, 0.15) is 5.75 Å². The number of halogens is 4. The lowest BCUT2D eigenvalue weighted by atomic mass is 10.1. The molecule has 0 saturated carbocycles. The number of methoxy groups -OCH3 is 1. The summed E-state index contributed by atoms with van der Waals surface area (Å²) in [4.78, 5) is 8.93. The third-order valence-corrected chi connectivity index (χ3v) is 3.34. The summed E-state index contributed by atoms with van der Waals surface area (Å²) in [6.45, 7) is 0. The molecule has 10 heteroatoms. The number of aromatic nitrogens is 1. The first kappa shape index (κ1) is 17.8. The molecule has 0 bridgehead atoms. The molecule has 3 rings (SSSR count). The molecule has 2 aromatic rings. The SMILES string of the molecule is COc1ncc(OC2=NO[C@@H](c3ccc(OC(F)(F)F)cc3)C2)cc1F. The van der Waals surface area contributed by atoms with Crippen LogP contribution in [0.1, 0.15) is 18.1 Å². The highest BCUT2D eigenvalue weighted by molar-refractivity contribution is 5.79. The van der Waals surface area contributed by atoms with E-state index in [9.17, 15) is 17.6 Å². The molecule has 0 fully saturated rings. The molecule has 26 heavy (non-hydrogen) atoms. The molecule has 2 heterocycles. The molecule has 1 aliphatic rings. The van der Waals surface area contributed by atoms with Gasteiger partial charge < -0.3 is 19.0 Å². The minimum absolute atomic E-state index is 0.111. The van der Waals surface area contributed by atoms with E-state index in [4.69, 9.17) is 14.3 Å². The summed E-state index contributed by atoms with van der Waals surface area (Å²) < 4.78 is 64.0. The van der Waals surface area contributed by atoms with Gasteiger partial charge in [-0.3, -0.25) is 0 Å². The zero-order valence-electron chi connectivity index (χ0n) is 13.3. The van der Waals surface area contributed by atoms with Crippen LogP contribution in [0, 0.1) is 5.82 Å². The van der Waals surface area contributed by atoms with E-state index < -0.39 is 18.3 Å². The smallest absolute Gasteiger partial charge is 0.479 e. The van der Waals surface area contributed by atoms with Crippen molar-refractivity contribution in [2.24, 2.45) is 5.16 Å². The summed E-state index contributed by atoms with van der Waals surface area (Å²) in [5, 5.41) is 3.74. The van der Waals surface area contributed by atoms with E-state index in [1.54, 1.807) is 0 Å². The Hall–Kier alpha value is -3.04. The Bertz CT molecular complexity index is 809. The molecular formula is C16H12F4N2O4. The van der Waals surface area contributed by atoms with E-state index in [1.165, 1.54) is 37.6 Å². The highest BCUT2D eigenvalue weighted by atomic mass is 19.4. The van der Waals surface area contributed by atoms with Gasteiger partial charge in [-0.05, 0) is 17.7 Å². The van der Waals surface area contributed by atoms with Crippen LogP contribution in [0.3, 0.4) is 0 Å². The molecule has 0 spiro atoms. The van der Waals surface area contributed by atoms with Crippen LogP contribution in [0.25, 0.3) is 0 Å². The summed E-state index contributed by atoms with van der Waals surface area (Å²) in [5.74, 6) is -0.907. The van der Waals surface area contributed by atoms with Crippen LogP contribution >= 0.6 is 0 Å². The van der Waals surface area contributed by atoms with Crippen molar-refractivity contribution < 1.29 is 36.6 Å². The quantitative estimate of drug-likeness (QED) is 0.760. The first-order chi connectivity index (χ1) is 12.3. The summed E-state index contributed by atoms with van der Waals surface area (Å²) in [6, 6.07) is 6.30. The van der Waals surface area contributed by atoms with Crippen LogP contribution < -0.4 is 14.2 Å². The lowest BCUT2D eigenvalue weighted by Gasteiger charge is -2.11. The highest BCUT2D eigenvalue weighted by Crippen LogP contribution is 2.31. The fourth-order valence-electron chi connectivity index (χ4n) is 2.23. The summed E-state index contributed by atoms with van der Waals surface area (Å²) in [7, 11) is 1.29. The zero-order valence-corrected chi connectivity index (χ0v) is 13.3. The molecule has 1 aliphatic heterocycles. The van der Waals surface area contributed by atoms with Crippen molar-refractivity contribution in [3.63, 3.8) is 0 Å². The molecule has 138 valence electrons. The molecule has 1 atom stereocenters. The number of hydrogen-bond donors (Lipinski definition) is 0. The lowest BCUT2D eigenvalue weighted by molar-refractivity contribution is -0.274. The van der Waals surface area contributed by atoms with E-state index in [-0.39, 0.29) is 29.7 Å². The van der Waals surface area contributed by atoms with Gasteiger partial charge in [0.2, 0.25) is 11.8 Å². The van der Waals surface area contributed by atoms with Crippen molar-refractivity contribution in [2.75, 3.05) is 7.11 Å². The largest absolute Gasteiger partial charge is 0.573 e. The van der Waals surface area contributed by atoms with Crippen LogP contribution in [-0.2, 0) is 4.84 Å². The van der Waals surface area contributed by atoms with E-state index in [0.29, 0.717) is 5.56 Å². The number of rotatable bonds is 4. The third kappa shape index (κ3) is 4.32. The van der Waals surface area contributed by atoms with Crippen molar-refractivity contribution in [3.05, 3.63) is 47.9 Å². The maximum absolute atomic E-state index is 13.6. The molecule has 0 unspecified atom stereocenters. The normalized spacial score (nSPS) is 16.7. The number of pyridine rings is 1. The molecule has 0 amide bonds. The van der Waals surface area contributed by atoms with Gasteiger partial charge >= 0.3 is 6.36 Å². The summed E-state index contributed by atoms with van der Waals surface area (Å²) in [6.07, 6.45) is -3.81. The first-order valence-electron chi connectivity index (χ1n) is 7.30. The number of benzene rings is 1. The van der Waals surface area contributed by atoms with Crippen LogP contribution in [0.5, 0.6) is 17.4 Å². The first-order valence-corrected chi connectivity index (χ1v) is 7.30. The van der Waals surface area contributed by atoms with Crippen molar-refractivity contribution in [1.29, 1.82) is 0 Å². The fraction of sp³-hybridized carbons (Fsp3) is 0.250.